The van der Waals surface area contributed by atoms with Crippen molar-refractivity contribution in [2.75, 3.05) is 12.4 Å². The molecule has 1 unspecified atom stereocenters. The monoisotopic (exact) mass is 504 g/mol. The number of nitrogens with zero attached hydrogens (tertiary/aromatic N) is 2. The van der Waals surface area contributed by atoms with Crippen LogP contribution in [0, 0.1) is 12.7 Å². The molecular formula is C25H31F3N6O2. The number of aromatic nitrogens is 1. The quantitative estimate of drug-likeness (QED) is 0.421. The standard InChI is InChI=1S/C20H23FN6O2.C5H8F2/c1-12-7-18(17(21)11-24-12)26-15-6-4-5-14(8-15)20(29)25-13(2)19(28)27-16(9-22)10-23-3;6-5(7)3-1-2-4-5/h4-11,13H,22H2,1-3H3,(H,24,26)(H,25,29)(H,27,28);1-4H2/b16-9+,23-10?;. The molecule has 3 rings (SSSR count). The molecule has 11 heteroatoms. The Morgan fingerprint density at radius 2 is 1.92 bits per heavy atom. The van der Waals surface area contributed by atoms with Crippen LogP contribution in [0.4, 0.5) is 24.5 Å². The van der Waals surface area contributed by atoms with Crippen LogP contribution in [0.5, 0.6) is 0 Å². The summed E-state index contributed by atoms with van der Waals surface area (Å²) in [7, 11) is 1.54. The van der Waals surface area contributed by atoms with Crippen molar-refractivity contribution in [1.29, 1.82) is 0 Å². The number of aliphatic imine (C=N–C) groups is 1. The summed E-state index contributed by atoms with van der Waals surface area (Å²) in [6.45, 7) is 3.29. The van der Waals surface area contributed by atoms with E-state index >= 15 is 0 Å². The van der Waals surface area contributed by atoms with Crippen molar-refractivity contribution in [3.63, 3.8) is 0 Å². The van der Waals surface area contributed by atoms with Gasteiger partial charge in [-0.2, -0.15) is 0 Å². The normalized spacial score (nSPS) is 15.6. The number of nitrogens with one attached hydrogen (secondary N) is 3. The number of pyridine rings is 1. The maximum absolute atomic E-state index is 13.9. The Labute approximate surface area is 208 Å². The van der Waals surface area contributed by atoms with Crippen molar-refractivity contribution in [2.45, 2.75) is 51.5 Å². The second-order valence-corrected chi connectivity index (χ2v) is 8.27. The van der Waals surface area contributed by atoms with Gasteiger partial charge in [0.1, 0.15) is 6.04 Å². The molecule has 0 spiro atoms. The zero-order chi connectivity index (χ0) is 26.7. The highest BCUT2D eigenvalue weighted by molar-refractivity contribution is 5.99. The van der Waals surface area contributed by atoms with Gasteiger partial charge in [0.25, 0.3) is 5.91 Å². The van der Waals surface area contributed by atoms with E-state index in [4.69, 9.17) is 5.73 Å². The van der Waals surface area contributed by atoms with Crippen molar-refractivity contribution in [3.8, 4) is 0 Å². The molecule has 0 aliphatic heterocycles. The fourth-order valence-electron chi connectivity index (χ4n) is 3.28. The molecule has 2 aromatic rings. The lowest BCUT2D eigenvalue weighted by molar-refractivity contribution is -0.121. The summed E-state index contributed by atoms with van der Waals surface area (Å²) in [5.74, 6) is -3.71. The van der Waals surface area contributed by atoms with Gasteiger partial charge >= 0.3 is 0 Å². The number of rotatable bonds is 7. The third-order valence-corrected chi connectivity index (χ3v) is 5.19. The summed E-state index contributed by atoms with van der Waals surface area (Å²) in [5.41, 5.74) is 7.46. The largest absolute Gasteiger partial charge is 0.403 e. The Hall–Kier alpha value is -3.89. The predicted octanol–water partition coefficient (Wildman–Crippen LogP) is 4.20. The first-order valence-electron chi connectivity index (χ1n) is 11.4. The molecule has 0 saturated heterocycles. The number of halogens is 3. The zero-order valence-corrected chi connectivity index (χ0v) is 20.4. The van der Waals surface area contributed by atoms with Crippen molar-refractivity contribution < 1.29 is 22.8 Å². The Morgan fingerprint density at radius 1 is 1.22 bits per heavy atom. The number of alkyl halides is 2. The van der Waals surface area contributed by atoms with E-state index in [1.54, 1.807) is 51.2 Å². The first-order valence-corrected chi connectivity index (χ1v) is 11.4. The van der Waals surface area contributed by atoms with Crippen LogP contribution in [0.15, 0.2) is 53.4 Å². The molecule has 1 aliphatic rings. The summed E-state index contributed by atoms with van der Waals surface area (Å²) >= 11 is 0. The van der Waals surface area contributed by atoms with Crippen molar-refractivity contribution in [1.82, 2.24) is 15.6 Å². The van der Waals surface area contributed by atoms with Crippen LogP contribution in [0.2, 0.25) is 0 Å². The van der Waals surface area contributed by atoms with Crippen molar-refractivity contribution in [3.05, 3.63) is 65.5 Å². The lowest BCUT2D eigenvalue weighted by Crippen LogP contribution is -2.44. The van der Waals surface area contributed by atoms with Gasteiger partial charge in [-0.05, 0) is 51.0 Å². The van der Waals surface area contributed by atoms with Gasteiger partial charge < -0.3 is 21.7 Å². The number of hydrogen-bond acceptors (Lipinski definition) is 6. The van der Waals surface area contributed by atoms with Crippen LogP contribution in [0.3, 0.4) is 0 Å². The summed E-state index contributed by atoms with van der Waals surface area (Å²) in [6, 6.07) is 7.25. The fourth-order valence-corrected chi connectivity index (χ4v) is 3.28. The molecule has 8 nitrogen and oxygen atoms in total. The maximum atomic E-state index is 13.9. The van der Waals surface area contributed by atoms with Gasteiger partial charge in [-0.15, -0.1) is 0 Å². The van der Waals surface area contributed by atoms with Gasteiger partial charge in [-0.1, -0.05) is 6.07 Å². The molecule has 0 bridgehead atoms. The number of aryl methyl sites for hydroxylation is 1. The highest BCUT2D eigenvalue weighted by Gasteiger charge is 2.32. The highest BCUT2D eigenvalue weighted by atomic mass is 19.3. The summed E-state index contributed by atoms with van der Waals surface area (Å²) in [5, 5.41) is 8.08. The van der Waals surface area contributed by atoms with Crippen LogP contribution < -0.4 is 21.7 Å². The molecule has 1 heterocycles. The Balaban J connectivity index is 0.000000558. The van der Waals surface area contributed by atoms with E-state index in [1.165, 1.54) is 12.4 Å². The molecule has 0 radical (unpaired) electrons. The summed E-state index contributed by atoms with van der Waals surface area (Å²) in [4.78, 5) is 32.3. The number of benzene rings is 1. The van der Waals surface area contributed by atoms with Gasteiger partial charge in [0.05, 0.1) is 17.6 Å². The molecule has 1 fully saturated rings. The lowest BCUT2D eigenvalue weighted by Gasteiger charge is -2.15. The third-order valence-electron chi connectivity index (χ3n) is 5.19. The van der Waals surface area contributed by atoms with Gasteiger partial charge in [0.2, 0.25) is 11.8 Å². The van der Waals surface area contributed by atoms with Crippen LogP contribution in [0.1, 0.15) is 48.7 Å². The predicted molar refractivity (Wildman–Crippen MR) is 134 cm³/mol. The Morgan fingerprint density at radius 3 is 2.50 bits per heavy atom. The number of carbonyl (C=O) groups excluding carboxylic acids is 2. The topological polar surface area (TPSA) is 121 Å². The number of hydrogen-bond donors (Lipinski definition) is 4. The molecule has 5 N–H and O–H groups in total. The average molecular weight is 505 g/mol. The molecule has 194 valence electrons. The van der Waals surface area contributed by atoms with Crippen LogP contribution in [-0.2, 0) is 4.79 Å². The van der Waals surface area contributed by atoms with Crippen LogP contribution in [-0.4, -0.2) is 42.0 Å². The Kier molecular flexibility index (Phi) is 10.4. The SMILES string of the molecule is CN=C/C(=C\N)NC(=O)C(C)NC(=O)c1cccc(Nc2cc(C)ncc2F)c1.FC1(F)CCCC1. The van der Waals surface area contributed by atoms with E-state index in [2.05, 4.69) is 25.9 Å². The van der Waals surface area contributed by atoms with Crippen molar-refractivity contribution in [2.24, 2.45) is 10.7 Å². The molecule has 1 aliphatic carbocycles. The fraction of sp³-hybridized carbons (Fsp3) is 0.360. The molecule has 1 aromatic heterocycles. The minimum atomic E-state index is -2.31. The molecule has 1 atom stereocenters. The molecule has 1 aromatic carbocycles. The lowest BCUT2D eigenvalue weighted by atomic mass is 10.1. The summed E-state index contributed by atoms with van der Waals surface area (Å²) in [6.07, 6.45) is 5.39. The van der Waals surface area contributed by atoms with Crippen LogP contribution in [0.25, 0.3) is 0 Å². The van der Waals surface area contributed by atoms with E-state index in [9.17, 15) is 22.8 Å². The van der Waals surface area contributed by atoms with E-state index in [1.807, 2.05) is 0 Å². The van der Waals surface area contributed by atoms with Gasteiger partial charge in [0, 0.05) is 49.2 Å². The molecular weight excluding hydrogens is 473 g/mol. The van der Waals surface area contributed by atoms with Crippen molar-refractivity contribution >= 4 is 29.4 Å². The third kappa shape index (κ3) is 9.05. The van der Waals surface area contributed by atoms with Gasteiger partial charge in [-0.3, -0.25) is 19.6 Å². The second kappa shape index (κ2) is 13.3. The van der Waals surface area contributed by atoms with E-state index in [0.29, 0.717) is 35.5 Å². The number of allylic oxidation sites excluding steroid dienone is 1. The minimum Gasteiger partial charge on any atom is -0.403 e. The van der Waals surface area contributed by atoms with Gasteiger partial charge in [0.15, 0.2) is 5.82 Å². The first-order chi connectivity index (χ1) is 17.0. The molecule has 36 heavy (non-hydrogen) atoms. The Bertz CT molecular complexity index is 1110. The first kappa shape index (κ1) is 28.3. The zero-order valence-electron chi connectivity index (χ0n) is 20.4. The summed E-state index contributed by atoms with van der Waals surface area (Å²) < 4.78 is 37.8. The molecule has 1 saturated carbocycles. The number of amides is 2. The number of carbonyl (C=O) groups is 2. The highest BCUT2D eigenvalue weighted by Crippen LogP contribution is 2.33. The van der Waals surface area contributed by atoms with Gasteiger partial charge in [-0.25, -0.2) is 13.2 Å². The number of anilines is 2. The minimum absolute atomic E-state index is 0.118. The molecule has 2 amide bonds. The second-order valence-electron chi connectivity index (χ2n) is 8.27. The maximum Gasteiger partial charge on any atom is 0.251 e. The number of nitrogens with two attached hydrogens (primary N) is 1. The average Bonchev–Trinajstić information content (AvgIpc) is 3.25. The van der Waals surface area contributed by atoms with E-state index < -0.39 is 29.6 Å². The smallest absolute Gasteiger partial charge is 0.251 e. The van der Waals surface area contributed by atoms with Crippen LogP contribution >= 0.6 is 0 Å². The van der Waals surface area contributed by atoms with E-state index in [0.717, 1.165) is 6.20 Å². The van der Waals surface area contributed by atoms with E-state index in [-0.39, 0.29) is 18.5 Å².